The summed E-state index contributed by atoms with van der Waals surface area (Å²) in [6, 6.07) is 13.6. The van der Waals surface area contributed by atoms with Gasteiger partial charge in [-0.15, -0.1) is 0 Å². The highest BCUT2D eigenvalue weighted by Crippen LogP contribution is 2.30. The highest BCUT2D eigenvalue weighted by Gasteiger charge is 2.25. The van der Waals surface area contributed by atoms with E-state index in [1.807, 2.05) is 49.5 Å². The van der Waals surface area contributed by atoms with Crippen LogP contribution in [0.5, 0.6) is 0 Å². The molecule has 0 unspecified atom stereocenters. The number of allylic oxidation sites excluding steroid dienone is 1. The molecule has 4 rings (SSSR count). The van der Waals surface area contributed by atoms with Crippen LogP contribution in [0.1, 0.15) is 18.6 Å². The van der Waals surface area contributed by atoms with Crippen molar-refractivity contribution in [2.75, 3.05) is 17.7 Å². The summed E-state index contributed by atoms with van der Waals surface area (Å²) in [4.78, 5) is 8.71. The van der Waals surface area contributed by atoms with Crippen molar-refractivity contribution >= 4 is 17.5 Å². The molecule has 1 aliphatic carbocycles. The Labute approximate surface area is 169 Å². The number of rotatable bonds is 9. The average molecular weight is 389 g/mol. The van der Waals surface area contributed by atoms with Crippen LogP contribution >= 0.6 is 0 Å². The van der Waals surface area contributed by atoms with Gasteiger partial charge in [0, 0.05) is 36.5 Å². The number of nitrogens with one attached hydrogen (secondary N) is 4. The van der Waals surface area contributed by atoms with E-state index >= 15 is 0 Å². The van der Waals surface area contributed by atoms with E-state index in [0.717, 1.165) is 29.9 Å². The summed E-state index contributed by atoms with van der Waals surface area (Å²) >= 11 is 0. The van der Waals surface area contributed by atoms with Gasteiger partial charge in [0.25, 0.3) is 0 Å². The Balaban J connectivity index is 1.38. The first-order valence-corrected chi connectivity index (χ1v) is 9.54. The first-order valence-electron chi connectivity index (χ1n) is 9.54. The summed E-state index contributed by atoms with van der Waals surface area (Å²) in [5, 5.41) is 21.6. The van der Waals surface area contributed by atoms with E-state index in [9.17, 15) is 0 Å². The van der Waals surface area contributed by atoms with Crippen LogP contribution in [0.15, 0.2) is 65.1 Å². The number of anilines is 2. The number of aromatic nitrogens is 3. The van der Waals surface area contributed by atoms with E-state index in [0.29, 0.717) is 35.7 Å². The van der Waals surface area contributed by atoms with Crippen LogP contribution in [0.3, 0.4) is 0 Å². The number of nitrogens with zero attached hydrogens (tertiary/aromatic N) is 3. The first-order chi connectivity index (χ1) is 14.2. The Bertz CT molecular complexity index is 1010. The van der Waals surface area contributed by atoms with Gasteiger partial charge in [-0.25, -0.2) is 4.98 Å². The predicted octanol–water partition coefficient (Wildman–Crippen LogP) is 3.65. The molecule has 0 aliphatic heterocycles. The minimum atomic E-state index is 0.394. The highest BCUT2D eigenvalue weighted by atomic mass is 16.5. The lowest BCUT2D eigenvalue weighted by molar-refractivity contribution is 0.390. The van der Waals surface area contributed by atoms with Gasteiger partial charge in [-0.3, -0.25) is 0 Å². The minimum Gasteiger partial charge on any atom is -0.375 e. The van der Waals surface area contributed by atoms with Crippen LogP contribution in [0.4, 0.5) is 11.8 Å². The molecule has 1 saturated carbocycles. The molecule has 0 spiro atoms. The van der Waals surface area contributed by atoms with E-state index in [2.05, 4.69) is 31.1 Å². The van der Waals surface area contributed by atoms with Crippen LogP contribution in [-0.4, -0.2) is 27.9 Å². The SMILES string of the molecule is CN/C(=C\C(=N)C1CC1)Nc1ccnc(NCc2cc(-c3ccccc3)no2)n1. The third kappa shape index (κ3) is 4.98. The molecule has 8 heteroatoms. The predicted molar refractivity (Wildman–Crippen MR) is 113 cm³/mol. The molecule has 1 aliphatic rings. The Morgan fingerprint density at radius 3 is 2.83 bits per heavy atom. The lowest BCUT2D eigenvalue weighted by Gasteiger charge is -2.11. The molecule has 0 amide bonds. The van der Waals surface area contributed by atoms with Crippen LogP contribution in [0.2, 0.25) is 0 Å². The fraction of sp³-hybridized carbons (Fsp3) is 0.238. The quantitative estimate of drug-likeness (QED) is 0.413. The molecule has 0 atom stereocenters. The maximum atomic E-state index is 8.06. The molecular formula is C21H23N7O. The Morgan fingerprint density at radius 1 is 1.24 bits per heavy atom. The molecule has 0 saturated heterocycles. The van der Waals surface area contributed by atoms with Gasteiger partial charge < -0.3 is 25.9 Å². The number of hydrogen-bond donors (Lipinski definition) is 4. The van der Waals surface area contributed by atoms with Crippen molar-refractivity contribution in [2.45, 2.75) is 19.4 Å². The summed E-state index contributed by atoms with van der Waals surface area (Å²) in [5.41, 5.74) is 2.43. The van der Waals surface area contributed by atoms with Crippen molar-refractivity contribution < 1.29 is 4.52 Å². The van der Waals surface area contributed by atoms with Gasteiger partial charge in [-0.1, -0.05) is 35.5 Å². The monoisotopic (exact) mass is 389 g/mol. The van der Waals surface area contributed by atoms with Crippen LogP contribution in [0.25, 0.3) is 11.3 Å². The zero-order chi connectivity index (χ0) is 20.1. The average Bonchev–Trinajstić information content (AvgIpc) is 3.51. The standard InChI is InChI=1S/C21H23N7O/c1-23-20(12-17(22)14-7-8-14)26-19-9-10-24-21(27-19)25-13-16-11-18(28-29-16)15-5-3-2-4-6-15/h2-6,9-12,14,22-23H,7-8,13H2,1H3,(H2,24,25,26,27)/b20-12+,22-17?. The molecule has 4 N–H and O–H groups in total. The molecule has 0 bridgehead atoms. The van der Waals surface area contributed by atoms with E-state index in [1.54, 1.807) is 12.3 Å². The number of benzene rings is 1. The maximum Gasteiger partial charge on any atom is 0.224 e. The van der Waals surface area contributed by atoms with Crippen LogP contribution in [0, 0.1) is 11.3 Å². The molecule has 2 aromatic heterocycles. The molecule has 8 nitrogen and oxygen atoms in total. The van der Waals surface area contributed by atoms with E-state index in [4.69, 9.17) is 9.93 Å². The van der Waals surface area contributed by atoms with Gasteiger partial charge in [0.2, 0.25) is 5.95 Å². The lowest BCUT2D eigenvalue weighted by Crippen LogP contribution is -2.18. The maximum absolute atomic E-state index is 8.06. The molecule has 0 radical (unpaired) electrons. The molecule has 29 heavy (non-hydrogen) atoms. The van der Waals surface area contributed by atoms with Crippen molar-refractivity contribution in [3.8, 4) is 11.3 Å². The molecule has 1 aromatic carbocycles. The van der Waals surface area contributed by atoms with E-state index in [-0.39, 0.29) is 0 Å². The lowest BCUT2D eigenvalue weighted by atomic mass is 10.1. The smallest absolute Gasteiger partial charge is 0.224 e. The summed E-state index contributed by atoms with van der Waals surface area (Å²) in [6.45, 7) is 0.421. The second kappa shape index (κ2) is 8.55. The second-order valence-electron chi connectivity index (χ2n) is 6.83. The zero-order valence-electron chi connectivity index (χ0n) is 16.1. The normalized spacial score (nSPS) is 13.8. The Hall–Kier alpha value is -3.68. The third-order valence-electron chi connectivity index (χ3n) is 4.55. The van der Waals surface area contributed by atoms with Gasteiger partial charge in [0.05, 0.1) is 6.54 Å². The van der Waals surface area contributed by atoms with Gasteiger partial charge >= 0.3 is 0 Å². The van der Waals surface area contributed by atoms with Crippen LogP contribution < -0.4 is 16.0 Å². The van der Waals surface area contributed by atoms with E-state index in [1.165, 1.54) is 0 Å². The summed E-state index contributed by atoms with van der Waals surface area (Å²) in [6.07, 6.45) is 5.68. The minimum absolute atomic E-state index is 0.394. The van der Waals surface area contributed by atoms with Crippen molar-refractivity contribution in [2.24, 2.45) is 5.92 Å². The Kier molecular flexibility index (Phi) is 5.51. The molecule has 3 aromatic rings. The highest BCUT2D eigenvalue weighted by molar-refractivity contribution is 5.96. The molecule has 2 heterocycles. The van der Waals surface area contributed by atoms with Crippen LogP contribution in [-0.2, 0) is 6.54 Å². The molecule has 1 fully saturated rings. The summed E-state index contributed by atoms with van der Waals surface area (Å²) < 4.78 is 5.40. The van der Waals surface area contributed by atoms with Crippen molar-refractivity contribution in [1.82, 2.24) is 20.4 Å². The third-order valence-corrected chi connectivity index (χ3v) is 4.55. The number of hydrogen-bond acceptors (Lipinski definition) is 8. The zero-order valence-corrected chi connectivity index (χ0v) is 16.1. The molecule has 148 valence electrons. The first kappa shape index (κ1) is 18.7. The van der Waals surface area contributed by atoms with Gasteiger partial charge in [-0.2, -0.15) is 4.98 Å². The van der Waals surface area contributed by atoms with E-state index < -0.39 is 0 Å². The van der Waals surface area contributed by atoms with Crippen molar-refractivity contribution in [3.05, 3.63) is 66.3 Å². The summed E-state index contributed by atoms with van der Waals surface area (Å²) in [7, 11) is 1.81. The molecular weight excluding hydrogens is 366 g/mol. The second-order valence-corrected chi connectivity index (χ2v) is 6.83. The Morgan fingerprint density at radius 2 is 2.07 bits per heavy atom. The summed E-state index contributed by atoms with van der Waals surface area (Å²) in [5.74, 6) is 2.92. The largest absolute Gasteiger partial charge is 0.375 e. The van der Waals surface area contributed by atoms with Gasteiger partial charge in [-0.05, 0) is 25.0 Å². The van der Waals surface area contributed by atoms with Gasteiger partial charge in [0.15, 0.2) is 5.76 Å². The van der Waals surface area contributed by atoms with Crippen molar-refractivity contribution in [3.63, 3.8) is 0 Å². The topological polar surface area (TPSA) is 112 Å². The fourth-order valence-corrected chi connectivity index (χ4v) is 2.80. The fourth-order valence-electron chi connectivity index (χ4n) is 2.80. The van der Waals surface area contributed by atoms with Crippen molar-refractivity contribution in [1.29, 1.82) is 5.41 Å². The van der Waals surface area contributed by atoms with Gasteiger partial charge in [0.1, 0.15) is 17.3 Å².